The van der Waals surface area contributed by atoms with Crippen molar-refractivity contribution in [2.75, 3.05) is 6.54 Å². The van der Waals surface area contributed by atoms with Crippen molar-refractivity contribution in [3.05, 3.63) is 75.0 Å². The van der Waals surface area contributed by atoms with Gasteiger partial charge in [0.15, 0.2) is 0 Å². The van der Waals surface area contributed by atoms with Crippen LogP contribution in [0.5, 0.6) is 5.75 Å². The molecule has 0 aliphatic rings. The van der Waals surface area contributed by atoms with Gasteiger partial charge in [-0.25, -0.2) is 9.97 Å². The number of carboxylic acid groups (broad SMARTS) is 1. The van der Waals surface area contributed by atoms with Crippen LogP contribution in [0.15, 0.2) is 58.8 Å². The number of nitrogens with one attached hydrogen (secondary N) is 1. The van der Waals surface area contributed by atoms with Gasteiger partial charge < -0.3 is 15.5 Å². The Balaban J connectivity index is 1.79. The minimum absolute atomic E-state index is 0.0311. The van der Waals surface area contributed by atoms with Crippen LogP contribution in [0.1, 0.15) is 15.4 Å². The van der Waals surface area contributed by atoms with Gasteiger partial charge in [0.2, 0.25) is 0 Å². The molecule has 3 aromatic heterocycles. The number of nitrogens with zero attached hydrogens (tertiary/aromatic N) is 3. The third-order valence-electron chi connectivity index (χ3n) is 4.54. The van der Waals surface area contributed by atoms with E-state index >= 15 is 0 Å². The normalized spacial score (nSPS) is 10.8. The Bertz CT molecular complexity index is 1350. The van der Waals surface area contributed by atoms with Crippen molar-refractivity contribution in [2.24, 2.45) is 0 Å². The van der Waals surface area contributed by atoms with E-state index in [9.17, 15) is 19.5 Å². The van der Waals surface area contributed by atoms with Gasteiger partial charge >= 0.3 is 5.97 Å². The zero-order valence-corrected chi connectivity index (χ0v) is 16.8. The Morgan fingerprint density at radius 1 is 1.13 bits per heavy atom. The third kappa shape index (κ3) is 4.01. The molecule has 0 fully saturated rings. The Labute approximate surface area is 179 Å². The maximum absolute atomic E-state index is 13.1. The average Bonchev–Trinajstić information content (AvgIpc) is 3.25. The molecule has 0 atom stereocenters. The molecule has 0 aliphatic carbocycles. The van der Waals surface area contributed by atoms with Crippen molar-refractivity contribution >= 4 is 34.2 Å². The molecule has 4 aromatic rings. The number of hydrogen-bond acceptors (Lipinski definition) is 7. The highest BCUT2D eigenvalue weighted by Gasteiger charge is 2.23. The summed E-state index contributed by atoms with van der Waals surface area (Å²) in [7, 11) is 0. The van der Waals surface area contributed by atoms with Crippen LogP contribution >= 0.6 is 11.3 Å². The number of aliphatic carboxylic acids is 1. The molecule has 1 amide bonds. The van der Waals surface area contributed by atoms with Crippen molar-refractivity contribution in [3.8, 4) is 17.0 Å². The maximum Gasteiger partial charge on any atom is 0.322 e. The number of fused-ring (bicyclic) bond motifs is 1. The van der Waals surface area contributed by atoms with E-state index in [1.807, 2.05) is 35.7 Å². The highest BCUT2D eigenvalue weighted by molar-refractivity contribution is 7.09. The Morgan fingerprint density at radius 3 is 2.65 bits per heavy atom. The summed E-state index contributed by atoms with van der Waals surface area (Å²) in [5.74, 6) is -2.79. The van der Waals surface area contributed by atoms with Crippen LogP contribution in [-0.2, 0) is 11.3 Å². The van der Waals surface area contributed by atoms with Gasteiger partial charge in [0.1, 0.15) is 28.5 Å². The molecule has 10 heteroatoms. The highest BCUT2D eigenvalue weighted by atomic mass is 32.1. The number of benzene rings is 1. The van der Waals surface area contributed by atoms with Crippen molar-refractivity contribution in [2.45, 2.75) is 6.54 Å². The van der Waals surface area contributed by atoms with Gasteiger partial charge in [-0.1, -0.05) is 30.3 Å². The lowest BCUT2D eigenvalue weighted by Gasteiger charge is -2.13. The van der Waals surface area contributed by atoms with E-state index in [4.69, 9.17) is 5.11 Å². The number of carboxylic acids is 1. The minimum Gasteiger partial charge on any atom is -0.506 e. The lowest BCUT2D eigenvalue weighted by Crippen LogP contribution is -2.36. The van der Waals surface area contributed by atoms with E-state index < -0.39 is 35.3 Å². The highest BCUT2D eigenvalue weighted by Crippen LogP contribution is 2.27. The van der Waals surface area contributed by atoms with Gasteiger partial charge in [-0.2, -0.15) is 0 Å². The smallest absolute Gasteiger partial charge is 0.322 e. The number of rotatable bonds is 6. The van der Waals surface area contributed by atoms with E-state index in [2.05, 4.69) is 15.3 Å². The van der Waals surface area contributed by atoms with Crippen LogP contribution in [0.25, 0.3) is 22.3 Å². The number of aromatic nitrogens is 3. The zero-order valence-electron chi connectivity index (χ0n) is 16.0. The molecule has 0 radical (unpaired) electrons. The second-order valence-corrected chi connectivity index (χ2v) is 7.50. The quantitative estimate of drug-likeness (QED) is 0.421. The molecule has 0 unspecified atom stereocenters. The van der Waals surface area contributed by atoms with E-state index in [0.29, 0.717) is 5.01 Å². The third-order valence-corrected chi connectivity index (χ3v) is 5.37. The predicted molar refractivity (Wildman–Crippen MR) is 114 cm³/mol. The number of carbonyl (C=O) groups is 2. The second kappa shape index (κ2) is 8.36. The van der Waals surface area contributed by atoms with Gasteiger partial charge in [-0.15, -0.1) is 11.3 Å². The molecule has 0 bridgehead atoms. The Morgan fingerprint density at radius 2 is 1.90 bits per heavy atom. The first-order valence-electron chi connectivity index (χ1n) is 9.16. The van der Waals surface area contributed by atoms with Crippen LogP contribution in [0, 0.1) is 0 Å². The van der Waals surface area contributed by atoms with Gasteiger partial charge in [-0.3, -0.25) is 19.0 Å². The molecule has 0 spiro atoms. The maximum atomic E-state index is 13.1. The van der Waals surface area contributed by atoms with E-state index in [1.54, 1.807) is 6.07 Å². The molecule has 1 aromatic carbocycles. The zero-order chi connectivity index (χ0) is 22.0. The van der Waals surface area contributed by atoms with Crippen LogP contribution in [0.4, 0.5) is 0 Å². The van der Waals surface area contributed by atoms with Gasteiger partial charge in [-0.05, 0) is 12.1 Å². The summed E-state index contributed by atoms with van der Waals surface area (Å²) in [4.78, 5) is 45.1. The van der Waals surface area contributed by atoms with Crippen LogP contribution in [0.2, 0.25) is 0 Å². The van der Waals surface area contributed by atoms with E-state index in [1.165, 1.54) is 28.2 Å². The minimum atomic E-state index is -1.27. The summed E-state index contributed by atoms with van der Waals surface area (Å²) in [5.41, 5.74) is 0.546. The van der Waals surface area contributed by atoms with Crippen LogP contribution < -0.4 is 10.9 Å². The van der Waals surface area contributed by atoms with E-state index in [0.717, 1.165) is 11.3 Å². The molecule has 0 saturated heterocycles. The standard InChI is InChI=1S/C21H16N4O5S/c26-16(27)9-23-20(29)17-18(28)13-7-4-8-22-19(13)25(21(17)30)10-15-24-14(11-31-15)12-5-2-1-3-6-12/h1-8,11,28H,9-10H2,(H,23,29)(H,26,27). The van der Waals surface area contributed by atoms with Crippen molar-refractivity contribution in [1.29, 1.82) is 0 Å². The molecule has 156 valence electrons. The first-order valence-corrected chi connectivity index (χ1v) is 10.0. The van der Waals surface area contributed by atoms with Gasteiger partial charge in [0.05, 0.1) is 17.6 Å². The van der Waals surface area contributed by atoms with Crippen molar-refractivity contribution in [1.82, 2.24) is 19.9 Å². The fourth-order valence-corrected chi connectivity index (χ4v) is 3.91. The SMILES string of the molecule is O=C(O)CNC(=O)c1c(O)c2cccnc2n(Cc2nc(-c3ccccc3)cs2)c1=O. The van der Waals surface area contributed by atoms with Crippen molar-refractivity contribution < 1.29 is 19.8 Å². The van der Waals surface area contributed by atoms with Crippen molar-refractivity contribution in [3.63, 3.8) is 0 Å². The lowest BCUT2D eigenvalue weighted by atomic mass is 10.1. The number of thiazole rings is 1. The molecule has 31 heavy (non-hydrogen) atoms. The molecular formula is C21H16N4O5S. The fraction of sp³-hybridized carbons (Fsp3) is 0.0952. The van der Waals surface area contributed by atoms with Gasteiger partial charge in [0, 0.05) is 17.1 Å². The van der Waals surface area contributed by atoms with Gasteiger partial charge in [0.25, 0.3) is 11.5 Å². The largest absolute Gasteiger partial charge is 0.506 e. The number of hydrogen-bond donors (Lipinski definition) is 3. The summed E-state index contributed by atoms with van der Waals surface area (Å²) in [6.45, 7) is -0.654. The molecule has 3 heterocycles. The lowest BCUT2D eigenvalue weighted by molar-refractivity contribution is -0.135. The summed E-state index contributed by atoms with van der Waals surface area (Å²) >= 11 is 1.35. The summed E-state index contributed by atoms with van der Waals surface area (Å²) in [6.07, 6.45) is 1.47. The molecule has 4 rings (SSSR count). The molecule has 0 saturated carbocycles. The summed E-state index contributed by atoms with van der Waals surface area (Å²) in [6, 6.07) is 12.6. The van der Waals surface area contributed by atoms with Crippen LogP contribution in [0.3, 0.4) is 0 Å². The molecular weight excluding hydrogens is 420 g/mol. The topological polar surface area (TPSA) is 134 Å². The number of amides is 1. The summed E-state index contributed by atoms with van der Waals surface area (Å²) < 4.78 is 1.25. The number of carbonyl (C=O) groups excluding carboxylic acids is 1. The number of aromatic hydroxyl groups is 1. The first kappa shape index (κ1) is 20.2. The molecule has 9 nitrogen and oxygen atoms in total. The average molecular weight is 436 g/mol. The number of pyridine rings is 2. The second-order valence-electron chi connectivity index (χ2n) is 6.56. The summed E-state index contributed by atoms with van der Waals surface area (Å²) in [5, 5.41) is 24.1. The molecule has 3 N–H and O–H groups in total. The molecule has 0 aliphatic heterocycles. The Kier molecular flexibility index (Phi) is 5.46. The van der Waals surface area contributed by atoms with E-state index in [-0.39, 0.29) is 17.6 Å². The van der Waals surface area contributed by atoms with Crippen LogP contribution in [-0.4, -0.2) is 43.2 Å². The first-order chi connectivity index (χ1) is 15.0. The Hall–Kier alpha value is -4.05. The monoisotopic (exact) mass is 436 g/mol. The fourth-order valence-electron chi connectivity index (χ4n) is 3.12. The predicted octanol–water partition coefficient (Wildman–Crippen LogP) is 2.09.